The molecule has 0 atom stereocenters. The summed E-state index contributed by atoms with van der Waals surface area (Å²) < 4.78 is 13.9. The second-order valence-electron chi connectivity index (χ2n) is 6.92. The first-order valence-electron chi connectivity index (χ1n) is 9.44. The molecule has 3 heteroatoms. The van der Waals surface area contributed by atoms with Gasteiger partial charge in [0.15, 0.2) is 0 Å². The Hall–Kier alpha value is -2.77. The minimum absolute atomic E-state index is 0.389. The van der Waals surface area contributed by atoms with E-state index < -0.39 is 7.06 Å². The van der Waals surface area contributed by atoms with Gasteiger partial charge in [0.05, 0.1) is 0 Å². The van der Waals surface area contributed by atoms with Crippen molar-refractivity contribution in [1.29, 1.82) is 0 Å². The molecule has 0 aliphatic carbocycles. The van der Waals surface area contributed by atoms with Gasteiger partial charge in [0.2, 0.25) is 0 Å². The maximum absolute atomic E-state index is 6.97. The van der Waals surface area contributed by atoms with Crippen LogP contribution in [-0.4, -0.2) is 0 Å². The molecule has 4 aromatic rings. The summed E-state index contributed by atoms with van der Waals surface area (Å²) in [6.07, 6.45) is -0.389. The van der Waals surface area contributed by atoms with Crippen LogP contribution in [-0.2, 0) is 9.05 Å². The van der Waals surface area contributed by atoms with Crippen molar-refractivity contribution < 1.29 is 9.05 Å². The van der Waals surface area contributed by atoms with Gasteiger partial charge in [-0.15, -0.1) is 0 Å². The number of benzene rings is 4. The standard InChI is InChI=1S/C25H21O2P/c1-5-13-21(14-6-1)25-26-28(27-25,22-15-7-2-8-16-22,23-17-9-3-10-18-23)24-19-11-4-12-20-24/h1-20,25H. The van der Waals surface area contributed by atoms with Crippen LogP contribution in [0.4, 0.5) is 0 Å². The molecule has 1 fully saturated rings. The predicted octanol–water partition coefficient (Wildman–Crippen LogP) is 5.09. The molecule has 0 aromatic heterocycles. The Labute approximate surface area is 165 Å². The predicted molar refractivity (Wildman–Crippen MR) is 117 cm³/mol. The van der Waals surface area contributed by atoms with Crippen molar-refractivity contribution in [1.82, 2.24) is 0 Å². The molecule has 138 valence electrons. The topological polar surface area (TPSA) is 18.5 Å². The van der Waals surface area contributed by atoms with Gasteiger partial charge in [0, 0.05) is 0 Å². The average molecular weight is 384 g/mol. The van der Waals surface area contributed by atoms with Gasteiger partial charge in [0.25, 0.3) is 0 Å². The first-order valence-corrected chi connectivity index (χ1v) is 11.5. The van der Waals surface area contributed by atoms with Crippen LogP contribution < -0.4 is 15.9 Å². The molecule has 1 heterocycles. The molecule has 0 radical (unpaired) electrons. The summed E-state index contributed by atoms with van der Waals surface area (Å²) in [6.45, 7) is 0. The van der Waals surface area contributed by atoms with Crippen molar-refractivity contribution in [2.45, 2.75) is 6.29 Å². The molecule has 2 nitrogen and oxygen atoms in total. The van der Waals surface area contributed by atoms with Crippen LogP contribution >= 0.6 is 7.06 Å². The molecule has 0 bridgehead atoms. The third-order valence-corrected chi connectivity index (χ3v) is 10.2. The Balaban J connectivity index is 1.78. The summed E-state index contributed by atoms with van der Waals surface area (Å²) in [5, 5.41) is 3.24. The average Bonchev–Trinajstić information content (AvgIpc) is 2.77. The number of rotatable bonds is 4. The van der Waals surface area contributed by atoms with E-state index in [1.807, 2.05) is 36.4 Å². The van der Waals surface area contributed by atoms with E-state index in [0.29, 0.717) is 0 Å². The molecular weight excluding hydrogens is 363 g/mol. The zero-order valence-corrected chi connectivity index (χ0v) is 16.3. The van der Waals surface area contributed by atoms with Gasteiger partial charge in [-0.1, -0.05) is 0 Å². The zero-order valence-electron chi connectivity index (χ0n) is 15.4. The Bertz CT molecular complexity index is 957. The van der Waals surface area contributed by atoms with Crippen molar-refractivity contribution in [2.75, 3.05) is 0 Å². The third-order valence-electron chi connectivity index (χ3n) is 5.34. The summed E-state index contributed by atoms with van der Waals surface area (Å²) in [7, 11) is -3.48. The molecule has 0 N–H and O–H groups in total. The number of hydrogen-bond acceptors (Lipinski definition) is 2. The molecule has 0 unspecified atom stereocenters. The zero-order chi connectivity index (χ0) is 18.9. The van der Waals surface area contributed by atoms with Crippen LogP contribution in [0.15, 0.2) is 121 Å². The summed E-state index contributed by atoms with van der Waals surface area (Å²) in [6, 6.07) is 41.3. The van der Waals surface area contributed by atoms with Crippen molar-refractivity contribution in [2.24, 2.45) is 0 Å². The Kier molecular flexibility index (Phi) is 4.14. The van der Waals surface area contributed by atoms with Gasteiger partial charge in [-0.05, 0) is 0 Å². The van der Waals surface area contributed by atoms with E-state index in [2.05, 4.69) is 84.9 Å². The van der Waals surface area contributed by atoms with E-state index in [1.165, 1.54) is 0 Å². The molecule has 4 aromatic carbocycles. The molecule has 0 spiro atoms. The maximum atomic E-state index is 6.97. The second-order valence-corrected chi connectivity index (χ2v) is 10.8. The fraction of sp³-hybridized carbons (Fsp3) is 0.0400. The molecule has 1 aliphatic rings. The normalized spacial score (nSPS) is 21.0. The quantitative estimate of drug-likeness (QED) is 0.456. The van der Waals surface area contributed by atoms with Crippen molar-refractivity contribution >= 4 is 23.0 Å². The van der Waals surface area contributed by atoms with Crippen LogP contribution in [0.3, 0.4) is 0 Å². The van der Waals surface area contributed by atoms with Crippen LogP contribution in [0.2, 0.25) is 0 Å². The van der Waals surface area contributed by atoms with Crippen molar-refractivity contribution in [3.05, 3.63) is 127 Å². The van der Waals surface area contributed by atoms with Gasteiger partial charge >= 0.3 is 165 Å². The molecule has 1 saturated heterocycles. The van der Waals surface area contributed by atoms with Crippen LogP contribution in [0.25, 0.3) is 0 Å². The summed E-state index contributed by atoms with van der Waals surface area (Å²) in [4.78, 5) is 0. The van der Waals surface area contributed by atoms with E-state index in [9.17, 15) is 0 Å². The van der Waals surface area contributed by atoms with Gasteiger partial charge in [-0.25, -0.2) is 0 Å². The molecule has 0 amide bonds. The van der Waals surface area contributed by atoms with Crippen molar-refractivity contribution in [3.63, 3.8) is 0 Å². The Morgan fingerprint density at radius 3 is 1.11 bits per heavy atom. The van der Waals surface area contributed by atoms with Crippen LogP contribution in [0.1, 0.15) is 11.9 Å². The summed E-state index contributed by atoms with van der Waals surface area (Å²) >= 11 is 0. The van der Waals surface area contributed by atoms with E-state index in [4.69, 9.17) is 9.05 Å². The monoisotopic (exact) mass is 384 g/mol. The van der Waals surface area contributed by atoms with Gasteiger partial charge in [-0.3, -0.25) is 0 Å². The fourth-order valence-corrected chi connectivity index (χ4v) is 8.77. The summed E-state index contributed by atoms with van der Waals surface area (Å²) in [5.74, 6) is 0. The van der Waals surface area contributed by atoms with Crippen LogP contribution in [0, 0.1) is 0 Å². The number of hydrogen-bond donors (Lipinski definition) is 0. The van der Waals surface area contributed by atoms with E-state index in [1.54, 1.807) is 0 Å². The molecular formula is C25H21O2P. The van der Waals surface area contributed by atoms with Crippen molar-refractivity contribution in [3.8, 4) is 0 Å². The molecule has 1 aliphatic heterocycles. The van der Waals surface area contributed by atoms with Gasteiger partial charge in [-0.2, -0.15) is 0 Å². The minimum atomic E-state index is -3.48. The van der Waals surface area contributed by atoms with Gasteiger partial charge < -0.3 is 0 Å². The first-order chi connectivity index (χ1) is 13.8. The van der Waals surface area contributed by atoms with Crippen LogP contribution in [0.5, 0.6) is 0 Å². The fourth-order valence-electron chi connectivity index (χ4n) is 4.01. The Morgan fingerprint density at radius 1 is 0.429 bits per heavy atom. The third kappa shape index (κ3) is 2.40. The first kappa shape index (κ1) is 17.3. The van der Waals surface area contributed by atoms with E-state index >= 15 is 0 Å². The molecule has 0 saturated carbocycles. The molecule has 5 rings (SSSR count). The Morgan fingerprint density at radius 2 is 0.750 bits per heavy atom. The SMILES string of the molecule is c1ccc(C2OP(c3ccccc3)(c3ccccc3)(c3ccccc3)O2)cc1. The van der Waals surface area contributed by atoms with E-state index in [-0.39, 0.29) is 6.29 Å². The molecule has 28 heavy (non-hydrogen) atoms. The summed E-state index contributed by atoms with van der Waals surface area (Å²) in [5.41, 5.74) is 1.03. The second kappa shape index (κ2) is 6.68. The van der Waals surface area contributed by atoms with Gasteiger partial charge in [0.1, 0.15) is 0 Å². The van der Waals surface area contributed by atoms with E-state index in [0.717, 1.165) is 21.5 Å².